The monoisotopic (exact) mass is 177 g/mol. The van der Waals surface area contributed by atoms with Crippen LogP contribution in [0, 0.1) is 0 Å². The highest BCUT2D eigenvalue weighted by molar-refractivity contribution is 7.36. The van der Waals surface area contributed by atoms with Gasteiger partial charge < -0.3 is 4.89 Å². The summed E-state index contributed by atoms with van der Waals surface area (Å²) in [5.74, 6) is 0. The molecule has 0 N–H and O–H groups in total. The summed E-state index contributed by atoms with van der Waals surface area (Å²) < 4.78 is 10.4. The lowest BCUT2D eigenvalue weighted by molar-refractivity contribution is -0.166. The van der Waals surface area contributed by atoms with Crippen molar-refractivity contribution in [2.45, 2.75) is 26.7 Å². The van der Waals surface area contributed by atoms with Crippen molar-refractivity contribution < 1.29 is 9.46 Å². The Bertz CT molecular complexity index is 113. The zero-order valence-electron chi connectivity index (χ0n) is 7.25. The van der Waals surface area contributed by atoms with Gasteiger partial charge in [0.2, 0.25) is 0 Å². The number of hydrogen-bond donors (Lipinski definition) is 0. The van der Waals surface area contributed by atoms with Gasteiger partial charge in [0.25, 0.3) is 0 Å². The first kappa shape index (κ1) is 11.0. The quantitative estimate of drug-likeness (QED) is 0.572. The topological polar surface area (TPSA) is 43.4 Å². The Balaban J connectivity index is 3.59. The Morgan fingerprint density at radius 3 is 2.00 bits per heavy atom. The fourth-order valence-corrected chi connectivity index (χ4v) is 1.66. The van der Waals surface area contributed by atoms with Gasteiger partial charge in [-0.15, -0.1) is 0 Å². The minimum Gasteiger partial charge on any atom is -0.594 e. The van der Waals surface area contributed by atoms with Gasteiger partial charge in [-0.25, -0.2) is 0 Å². The second-order valence-electron chi connectivity index (χ2n) is 2.59. The third-order valence-electron chi connectivity index (χ3n) is 1.40. The summed E-state index contributed by atoms with van der Waals surface area (Å²) in [5.41, 5.74) is 0. The molecule has 4 heteroatoms. The van der Waals surface area contributed by atoms with E-state index in [0.717, 1.165) is 25.9 Å². The molecule has 0 saturated heterocycles. The van der Waals surface area contributed by atoms with Crippen molar-refractivity contribution >= 4 is 8.03 Å². The lowest BCUT2D eigenvalue weighted by atomic mass is 10.4. The van der Waals surface area contributed by atoms with Gasteiger partial charge in [-0.1, -0.05) is 18.4 Å². The molecule has 1 unspecified atom stereocenters. The molecule has 0 amide bonds. The highest BCUT2D eigenvalue weighted by atomic mass is 31.1. The largest absolute Gasteiger partial charge is 0.594 e. The molecule has 11 heavy (non-hydrogen) atoms. The van der Waals surface area contributed by atoms with E-state index in [1.54, 1.807) is 0 Å². The van der Waals surface area contributed by atoms with E-state index in [1.807, 2.05) is 4.90 Å². The minimum absolute atomic E-state index is 0.219. The van der Waals surface area contributed by atoms with Crippen LogP contribution in [-0.2, 0) is 4.57 Å². The van der Waals surface area contributed by atoms with E-state index in [9.17, 15) is 9.46 Å². The Hall–Kier alpha value is 0.0200. The maximum atomic E-state index is 10.4. The average Bonchev–Trinajstić information content (AvgIpc) is 1.87. The maximum Gasteiger partial charge on any atom is 0.324 e. The van der Waals surface area contributed by atoms with Crippen LogP contribution in [0.2, 0.25) is 0 Å². The maximum absolute atomic E-state index is 10.4. The Morgan fingerprint density at radius 2 is 1.73 bits per heavy atom. The highest BCUT2D eigenvalue weighted by Gasteiger charge is 2.09. The summed E-state index contributed by atoms with van der Waals surface area (Å²) in [4.78, 5) is 12.3. The van der Waals surface area contributed by atoms with Crippen LogP contribution >= 0.6 is 8.03 Å². The predicted molar refractivity (Wildman–Crippen MR) is 44.6 cm³/mol. The van der Waals surface area contributed by atoms with Crippen molar-refractivity contribution in [1.29, 1.82) is 0 Å². The van der Waals surface area contributed by atoms with E-state index in [0.29, 0.717) is 0 Å². The second kappa shape index (κ2) is 6.71. The van der Waals surface area contributed by atoms with E-state index < -0.39 is 8.03 Å². The molecule has 0 radical (unpaired) electrons. The minimum atomic E-state index is -2.24. The van der Waals surface area contributed by atoms with Gasteiger partial charge >= 0.3 is 8.03 Å². The molecule has 3 nitrogen and oxygen atoms in total. The fourth-order valence-electron chi connectivity index (χ4n) is 1.05. The lowest BCUT2D eigenvalue weighted by Crippen LogP contribution is -2.26. The van der Waals surface area contributed by atoms with Gasteiger partial charge in [-0.05, 0) is 12.8 Å². The summed E-state index contributed by atoms with van der Waals surface area (Å²) >= 11 is 0. The first-order valence-corrected chi connectivity index (χ1v) is 5.41. The van der Waals surface area contributed by atoms with Crippen LogP contribution in [0.3, 0.4) is 0 Å². The van der Waals surface area contributed by atoms with E-state index in [-0.39, 0.29) is 6.29 Å². The summed E-state index contributed by atoms with van der Waals surface area (Å²) in [7, 11) is -2.24. The van der Waals surface area contributed by atoms with Crippen LogP contribution in [0.25, 0.3) is 0 Å². The second-order valence-corrected chi connectivity index (χ2v) is 3.54. The van der Waals surface area contributed by atoms with Gasteiger partial charge in [0, 0.05) is 13.1 Å². The molecule has 0 aromatic heterocycles. The zero-order chi connectivity index (χ0) is 8.69. The molecule has 0 fully saturated rings. The SMILES string of the molecule is CCCN(CCC)C[P+](=O)[O-]. The third-order valence-corrected chi connectivity index (χ3v) is 2.03. The van der Waals surface area contributed by atoms with Gasteiger partial charge in [0.15, 0.2) is 6.29 Å². The fraction of sp³-hybridized carbons (Fsp3) is 1.00. The van der Waals surface area contributed by atoms with Gasteiger partial charge in [0.05, 0.1) is 0 Å². The summed E-state index contributed by atoms with van der Waals surface area (Å²) in [5, 5.41) is 0. The molecular weight excluding hydrogens is 161 g/mol. The van der Waals surface area contributed by atoms with E-state index in [2.05, 4.69) is 13.8 Å². The van der Waals surface area contributed by atoms with Crippen LogP contribution in [0.15, 0.2) is 0 Å². The molecule has 0 spiro atoms. The number of rotatable bonds is 6. The van der Waals surface area contributed by atoms with Crippen molar-refractivity contribution in [3.05, 3.63) is 0 Å². The number of hydrogen-bond acceptors (Lipinski definition) is 3. The van der Waals surface area contributed by atoms with Crippen molar-refractivity contribution in [2.24, 2.45) is 0 Å². The predicted octanol–water partition coefficient (Wildman–Crippen LogP) is 1.17. The Morgan fingerprint density at radius 1 is 1.27 bits per heavy atom. The van der Waals surface area contributed by atoms with Crippen molar-refractivity contribution in [3.63, 3.8) is 0 Å². The van der Waals surface area contributed by atoms with Crippen molar-refractivity contribution in [2.75, 3.05) is 19.4 Å². The van der Waals surface area contributed by atoms with Crippen LogP contribution in [0.1, 0.15) is 26.7 Å². The van der Waals surface area contributed by atoms with E-state index >= 15 is 0 Å². The molecule has 0 aromatic rings. The van der Waals surface area contributed by atoms with Crippen molar-refractivity contribution in [1.82, 2.24) is 4.90 Å². The summed E-state index contributed by atoms with van der Waals surface area (Å²) in [6.45, 7) is 5.88. The molecule has 0 aromatic carbocycles. The first-order chi connectivity index (χ1) is 5.20. The molecule has 0 aliphatic heterocycles. The standard InChI is InChI=1S/C7H16NO2P/c1-3-5-8(6-4-2)7-11(9)10/h3-7H2,1-2H3. The molecule has 66 valence electrons. The lowest BCUT2D eigenvalue weighted by Gasteiger charge is -2.15. The highest BCUT2D eigenvalue weighted by Crippen LogP contribution is 2.10. The molecule has 0 rings (SSSR count). The van der Waals surface area contributed by atoms with Crippen LogP contribution in [0.4, 0.5) is 0 Å². The third kappa shape index (κ3) is 6.42. The van der Waals surface area contributed by atoms with Crippen LogP contribution in [0.5, 0.6) is 0 Å². The van der Waals surface area contributed by atoms with Gasteiger partial charge in [-0.3, -0.25) is 4.90 Å². The molecule has 0 saturated carbocycles. The average molecular weight is 177 g/mol. The summed E-state index contributed by atoms with van der Waals surface area (Å²) in [6.07, 6.45) is 2.25. The normalized spacial score (nSPS) is 12.2. The van der Waals surface area contributed by atoms with E-state index in [1.165, 1.54) is 0 Å². The first-order valence-electron chi connectivity index (χ1n) is 4.04. The van der Waals surface area contributed by atoms with E-state index in [4.69, 9.17) is 0 Å². The van der Waals surface area contributed by atoms with Crippen LogP contribution < -0.4 is 4.89 Å². The summed E-state index contributed by atoms with van der Waals surface area (Å²) in [6, 6.07) is 0. The molecule has 0 heterocycles. The Kier molecular flexibility index (Phi) is 6.73. The molecule has 0 bridgehead atoms. The molecule has 0 aliphatic carbocycles. The van der Waals surface area contributed by atoms with Crippen LogP contribution in [-0.4, -0.2) is 24.3 Å². The molecule has 1 atom stereocenters. The van der Waals surface area contributed by atoms with Gasteiger partial charge in [0.1, 0.15) is 0 Å². The van der Waals surface area contributed by atoms with Crippen molar-refractivity contribution in [3.8, 4) is 0 Å². The Labute approximate surface area is 69.3 Å². The molecule has 0 aliphatic rings. The zero-order valence-corrected chi connectivity index (χ0v) is 8.14. The molecular formula is C7H16NO2P. The smallest absolute Gasteiger partial charge is 0.324 e. The van der Waals surface area contributed by atoms with Gasteiger partial charge in [-0.2, -0.15) is 0 Å². The number of nitrogens with zero attached hydrogens (tertiary/aromatic N) is 1.